The van der Waals surface area contributed by atoms with E-state index >= 15 is 0 Å². The Hall–Kier alpha value is -1.36. The van der Waals surface area contributed by atoms with Crippen LogP contribution in [-0.2, 0) is 4.79 Å². The highest BCUT2D eigenvalue weighted by molar-refractivity contribution is 5.92. The van der Waals surface area contributed by atoms with Gasteiger partial charge in [-0.15, -0.1) is 0 Å². The molecule has 1 aromatic heterocycles. The van der Waals surface area contributed by atoms with Gasteiger partial charge in [0.25, 0.3) is 5.91 Å². The maximum atomic E-state index is 10.9. The van der Waals surface area contributed by atoms with Gasteiger partial charge in [0.05, 0.1) is 5.69 Å². The Labute approximate surface area is 69.4 Å². The number of aliphatic hydroxyl groups is 1. The molecule has 0 unspecified atom stereocenters. The second kappa shape index (κ2) is 3.36. The molecule has 2 N–H and O–H groups in total. The molecule has 0 fully saturated rings. The van der Waals surface area contributed by atoms with Crippen molar-refractivity contribution in [2.45, 2.75) is 20.0 Å². The van der Waals surface area contributed by atoms with Crippen molar-refractivity contribution >= 4 is 11.8 Å². The van der Waals surface area contributed by atoms with Gasteiger partial charge in [0, 0.05) is 6.07 Å². The van der Waals surface area contributed by atoms with Crippen molar-refractivity contribution < 1.29 is 14.4 Å². The van der Waals surface area contributed by atoms with Crippen molar-refractivity contribution in [3.05, 3.63) is 11.8 Å². The Balaban J connectivity index is 2.58. The molecule has 0 saturated heterocycles. The van der Waals surface area contributed by atoms with Crippen molar-refractivity contribution in [3.8, 4) is 0 Å². The minimum absolute atomic E-state index is 0.249. The average Bonchev–Trinajstić information content (AvgIpc) is 2.35. The molecule has 0 aromatic carbocycles. The predicted octanol–water partition coefficient (Wildman–Crippen LogP) is 0.302. The van der Waals surface area contributed by atoms with Crippen LogP contribution in [0, 0.1) is 6.92 Å². The number of carbonyl (C=O) groups excluding carboxylic acids is 1. The van der Waals surface area contributed by atoms with Crippen LogP contribution in [0.2, 0.25) is 0 Å². The number of amides is 1. The van der Waals surface area contributed by atoms with E-state index in [1.807, 2.05) is 0 Å². The summed E-state index contributed by atoms with van der Waals surface area (Å²) in [7, 11) is 0. The highest BCUT2D eigenvalue weighted by Crippen LogP contribution is 2.08. The summed E-state index contributed by atoms with van der Waals surface area (Å²) in [6.07, 6.45) is -1.05. The Morgan fingerprint density at radius 1 is 1.83 bits per heavy atom. The van der Waals surface area contributed by atoms with Gasteiger partial charge in [0.1, 0.15) is 6.10 Å². The molecule has 66 valence electrons. The summed E-state index contributed by atoms with van der Waals surface area (Å²) in [4.78, 5) is 10.9. The molecule has 5 nitrogen and oxygen atoms in total. The summed E-state index contributed by atoms with van der Waals surface area (Å²) < 4.78 is 4.69. The van der Waals surface area contributed by atoms with Crippen LogP contribution < -0.4 is 5.32 Å². The zero-order valence-electron chi connectivity index (χ0n) is 6.87. The van der Waals surface area contributed by atoms with E-state index in [0.29, 0.717) is 5.69 Å². The minimum Gasteiger partial charge on any atom is -0.384 e. The van der Waals surface area contributed by atoms with Gasteiger partial charge in [-0.05, 0) is 13.8 Å². The smallest absolute Gasteiger partial charge is 0.255 e. The van der Waals surface area contributed by atoms with Gasteiger partial charge in [0.2, 0.25) is 5.88 Å². The van der Waals surface area contributed by atoms with Gasteiger partial charge in [-0.2, -0.15) is 0 Å². The number of hydrogen-bond donors (Lipinski definition) is 2. The lowest BCUT2D eigenvalue weighted by atomic mass is 10.4. The van der Waals surface area contributed by atoms with Crippen LogP contribution in [0.4, 0.5) is 5.88 Å². The molecule has 0 saturated carbocycles. The molecule has 5 heteroatoms. The molecule has 0 aliphatic carbocycles. The second-order valence-corrected chi connectivity index (χ2v) is 2.50. The fourth-order valence-electron chi connectivity index (χ4n) is 0.648. The molecule has 0 bridgehead atoms. The van der Waals surface area contributed by atoms with Gasteiger partial charge >= 0.3 is 0 Å². The van der Waals surface area contributed by atoms with Crippen molar-refractivity contribution in [2.75, 3.05) is 5.32 Å². The molecular weight excluding hydrogens is 160 g/mol. The van der Waals surface area contributed by atoms with E-state index in [1.54, 1.807) is 13.0 Å². The van der Waals surface area contributed by atoms with Crippen molar-refractivity contribution in [3.63, 3.8) is 0 Å². The first kappa shape index (κ1) is 8.73. The fourth-order valence-corrected chi connectivity index (χ4v) is 0.648. The summed E-state index contributed by atoms with van der Waals surface area (Å²) in [5, 5.41) is 14.7. The largest absolute Gasteiger partial charge is 0.384 e. The first-order chi connectivity index (χ1) is 5.59. The Kier molecular flexibility index (Phi) is 2.44. The molecule has 0 aliphatic heterocycles. The van der Waals surface area contributed by atoms with Crippen molar-refractivity contribution in [1.29, 1.82) is 0 Å². The molecule has 1 rings (SSSR count). The van der Waals surface area contributed by atoms with E-state index in [0.717, 1.165) is 0 Å². The van der Waals surface area contributed by atoms with Crippen molar-refractivity contribution in [2.24, 2.45) is 0 Å². The average molecular weight is 170 g/mol. The molecule has 0 spiro atoms. The molecular formula is C7H10N2O3. The maximum absolute atomic E-state index is 10.9. The third-order valence-corrected chi connectivity index (χ3v) is 1.25. The second-order valence-electron chi connectivity index (χ2n) is 2.50. The number of aromatic nitrogens is 1. The Morgan fingerprint density at radius 3 is 2.92 bits per heavy atom. The van der Waals surface area contributed by atoms with Crippen LogP contribution in [0.1, 0.15) is 12.6 Å². The number of aryl methyl sites for hydroxylation is 1. The molecule has 1 atom stereocenters. The van der Waals surface area contributed by atoms with Gasteiger partial charge in [0.15, 0.2) is 0 Å². The number of anilines is 1. The lowest BCUT2D eigenvalue weighted by Crippen LogP contribution is -2.24. The quantitative estimate of drug-likeness (QED) is 0.669. The number of carbonyl (C=O) groups is 1. The molecule has 1 amide bonds. The first-order valence-electron chi connectivity index (χ1n) is 3.52. The van der Waals surface area contributed by atoms with E-state index in [2.05, 4.69) is 10.5 Å². The molecule has 1 aromatic rings. The van der Waals surface area contributed by atoms with Gasteiger partial charge in [-0.25, -0.2) is 0 Å². The van der Waals surface area contributed by atoms with Crippen molar-refractivity contribution in [1.82, 2.24) is 5.16 Å². The van der Waals surface area contributed by atoms with E-state index in [9.17, 15) is 4.79 Å². The molecule has 1 heterocycles. The summed E-state index contributed by atoms with van der Waals surface area (Å²) in [6, 6.07) is 1.57. The Morgan fingerprint density at radius 2 is 2.50 bits per heavy atom. The van der Waals surface area contributed by atoms with Crippen LogP contribution >= 0.6 is 0 Å². The number of aliphatic hydroxyl groups excluding tert-OH is 1. The van der Waals surface area contributed by atoms with Gasteiger partial charge in [-0.3, -0.25) is 10.1 Å². The van der Waals surface area contributed by atoms with Crippen LogP contribution in [0.3, 0.4) is 0 Å². The lowest BCUT2D eigenvalue weighted by Gasteiger charge is -2.01. The normalized spacial score (nSPS) is 12.6. The van der Waals surface area contributed by atoms with Crippen LogP contribution in [-0.4, -0.2) is 22.3 Å². The standard InChI is InChI=1S/C7H10N2O3/c1-4-3-6(12-9-4)8-7(11)5(2)10/h3,5,10H,1-2H3,(H,8,11)/t5-/m1/s1. The predicted molar refractivity (Wildman–Crippen MR) is 41.6 cm³/mol. The summed E-state index contributed by atoms with van der Waals surface area (Å²) >= 11 is 0. The van der Waals surface area contributed by atoms with Gasteiger partial charge in [-0.1, -0.05) is 5.16 Å². The summed E-state index contributed by atoms with van der Waals surface area (Å²) in [6.45, 7) is 3.11. The molecule has 12 heavy (non-hydrogen) atoms. The number of nitrogens with one attached hydrogen (secondary N) is 1. The summed E-state index contributed by atoms with van der Waals surface area (Å²) in [5.74, 6) is -0.260. The number of rotatable bonds is 2. The monoisotopic (exact) mass is 170 g/mol. The molecule has 0 radical (unpaired) electrons. The zero-order valence-corrected chi connectivity index (χ0v) is 6.87. The summed E-state index contributed by atoms with van der Waals surface area (Å²) in [5.41, 5.74) is 0.677. The highest BCUT2D eigenvalue weighted by atomic mass is 16.5. The van der Waals surface area contributed by atoms with Gasteiger partial charge < -0.3 is 9.63 Å². The van der Waals surface area contributed by atoms with Crippen LogP contribution in [0.5, 0.6) is 0 Å². The highest BCUT2D eigenvalue weighted by Gasteiger charge is 2.10. The first-order valence-corrected chi connectivity index (χ1v) is 3.52. The SMILES string of the molecule is Cc1cc(NC(=O)[C@@H](C)O)on1. The topological polar surface area (TPSA) is 75.4 Å². The van der Waals surface area contributed by atoms with E-state index in [-0.39, 0.29) is 5.88 Å². The number of nitrogens with zero attached hydrogens (tertiary/aromatic N) is 1. The molecule has 0 aliphatic rings. The van der Waals surface area contributed by atoms with E-state index in [4.69, 9.17) is 9.63 Å². The Bertz CT molecular complexity index is 280. The fraction of sp³-hybridized carbons (Fsp3) is 0.429. The van der Waals surface area contributed by atoms with E-state index < -0.39 is 12.0 Å². The third kappa shape index (κ3) is 2.06. The van der Waals surface area contributed by atoms with Crippen LogP contribution in [0.25, 0.3) is 0 Å². The lowest BCUT2D eigenvalue weighted by molar-refractivity contribution is -0.123. The zero-order chi connectivity index (χ0) is 9.14. The number of hydrogen-bond acceptors (Lipinski definition) is 4. The minimum atomic E-state index is -1.05. The maximum Gasteiger partial charge on any atom is 0.255 e. The third-order valence-electron chi connectivity index (χ3n) is 1.25. The van der Waals surface area contributed by atoms with E-state index in [1.165, 1.54) is 6.92 Å². The van der Waals surface area contributed by atoms with Crippen LogP contribution in [0.15, 0.2) is 10.6 Å².